The molecule has 17 heavy (non-hydrogen) atoms. The Balaban J connectivity index is 2.36. The van der Waals surface area contributed by atoms with Gasteiger partial charge in [-0.05, 0) is 0 Å². The van der Waals surface area contributed by atoms with Crippen LogP contribution in [0.1, 0.15) is 11.8 Å². The Bertz CT molecular complexity index is 532. The van der Waals surface area contributed by atoms with Gasteiger partial charge >= 0.3 is 5.69 Å². The van der Waals surface area contributed by atoms with Gasteiger partial charge in [-0.15, -0.1) is 0 Å². The van der Waals surface area contributed by atoms with Crippen LogP contribution in [-0.4, -0.2) is 34.2 Å². The average molecular weight is 240 g/mol. The first-order valence-electron chi connectivity index (χ1n) is 5.01. The largest absolute Gasteiger partial charge is 0.391 e. The van der Waals surface area contributed by atoms with Crippen LogP contribution in [0.5, 0.6) is 0 Å². The minimum atomic E-state index is -0.744. The summed E-state index contributed by atoms with van der Waals surface area (Å²) in [5.74, 6) is 0. The van der Waals surface area contributed by atoms with Gasteiger partial charge in [0.1, 0.15) is 0 Å². The summed E-state index contributed by atoms with van der Waals surface area (Å²) in [6, 6.07) is 0. The molecule has 0 aromatic carbocycles. The molecule has 0 aliphatic carbocycles. The summed E-state index contributed by atoms with van der Waals surface area (Å²) in [6.45, 7) is 3.32. The van der Waals surface area contributed by atoms with Gasteiger partial charge in [0.25, 0.3) is 5.56 Å². The molecule has 2 atom stereocenters. The van der Waals surface area contributed by atoms with E-state index < -0.39 is 23.8 Å². The fourth-order valence-electron chi connectivity index (χ4n) is 1.55. The Kier molecular flexibility index (Phi) is 3.23. The Morgan fingerprint density at radius 1 is 1.65 bits per heavy atom. The predicted molar refractivity (Wildman–Crippen MR) is 58.4 cm³/mol. The van der Waals surface area contributed by atoms with Gasteiger partial charge < -0.3 is 14.6 Å². The van der Waals surface area contributed by atoms with E-state index in [1.54, 1.807) is 0 Å². The van der Waals surface area contributed by atoms with Gasteiger partial charge in [0.2, 0.25) is 0 Å². The molecular formula is C10H12N2O5. The lowest BCUT2D eigenvalue weighted by molar-refractivity contribution is -0.0993. The maximum absolute atomic E-state index is 11.6. The van der Waals surface area contributed by atoms with Crippen molar-refractivity contribution in [2.24, 2.45) is 0 Å². The van der Waals surface area contributed by atoms with Crippen molar-refractivity contribution in [3.63, 3.8) is 0 Å². The molecule has 2 N–H and O–H groups in total. The lowest BCUT2D eigenvalue weighted by atomic mass is 10.3. The van der Waals surface area contributed by atoms with Crippen molar-refractivity contribution in [3.8, 4) is 0 Å². The third kappa shape index (κ3) is 2.21. The van der Waals surface area contributed by atoms with Crippen LogP contribution in [0.2, 0.25) is 0 Å². The molecular weight excluding hydrogens is 228 g/mol. The van der Waals surface area contributed by atoms with Crippen molar-refractivity contribution in [3.05, 3.63) is 39.2 Å². The quantitative estimate of drug-likeness (QED) is 0.710. The minimum Gasteiger partial charge on any atom is -0.391 e. The number of aromatic amines is 1. The highest BCUT2D eigenvalue weighted by atomic mass is 16.7. The molecule has 0 saturated carbocycles. The number of ether oxygens (including phenoxy) is 2. The van der Waals surface area contributed by atoms with Crippen molar-refractivity contribution >= 4 is 6.08 Å². The van der Waals surface area contributed by atoms with Crippen LogP contribution in [0, 0.1) is 0 Å². The summed E-state index contributed by atoms with van der Waals surface area (Å²) in [4.78, 5) is 25.0. The topological polar surface area (TPSA) is 93.6 Å². The standard InChI is InChI=1S/C10H12N2O5/c1-2-6-3-12(10(15)11-9(6)14)7-5-16-8(4-13)17-7/h2-3,7-8,13H,1,4-5H2,(H,11,14,15). The molecule has 0 bridgehead atoms. The zero-order valence-electron chi connectivity index (χ0n) is 8.96. The second-order valence-electron chi connectivity index (χ2n) is 3.49. The average Bonchev–Trinajstić information content (AvgIpc) is 2.78. The zero-order valence-corrected chi connectivity index (χ0v) is 8.96. The van der Waals surface area contributed by atoms with E-state index in [1.165, 1.54) is 16.8 Å². The lowest BCUT2D eigenvalue weighted by Gasteiger charge is -2.12. The number of aliphatic hydroxyl groups is 1. The first-order valence-corrected chi connectivity index (χ1v) is 5.01. The number of hydrogen-bond donors (Lipinski definition) is 2. The fourth-order valence-corrected chi connectivity index (χ4v) is 1.55. The van der Waals surface area contributed by atoms with Crippen LogP contribution in [0.4, 0.5) is 0 Å². The second kappa shape index (κ2) is 4.66. The third-order valence-corrected chi connectivity index (χ3v) is 2.41. The summed E-state index contributed by atoms with van der Waals surface area (Å²) in [7, 11) is 0. The maximum Gasteiger partial charge on any atom is 0.330 e. The van der Waals surface area contributed by atoms with Gasteiger partial charge in [-0.25, -0.2) is 4.79 Å². The van der Waals surface area contributed by atoms with Crippen LogP contribution in [0.3, 0.4) is 0 Å². The van der Waals surface area contributed by atoms with Crippen molar-refractivity contribution in [1.29, 1.82) is 0 Å². The molecule has 2 heterocycles. The molecule has 0 amide bonds. The van der Waals surface area contributed by atoms with Crippen LogP contribution >= 0.6 is 0 Å². The number of aliphatic hydroxyl groups excluding tert-OH is 1. The molecule has 1 fully saturated rings. The zero-order chi connectivity index (χ0) is 12.4. The van der Waals surface area contributed by atoms with Crippen molar-refractivity contribution in [1.82, 2.24) is 9.55 Å². The summed E-state index contributed by atoms with van der Waals surface area (Å²) in [6.07, 6.45) is 1.29. The molecule has 2 rings (SSSR count). The number of nitrogens with zero attached hydrogens (tertiary/aromatic N) is 1. The highest BCUT2D eigenvalue weighted by molar-refractivity contribution is 5.43. The maximum atomic E-state index is 11.6. The van der Waals surface area contributed by atoms with Crippen molar-refractivity contribution < 1.29 is 14.6 Å². The van der Waals surface area contributed by atoms with Gasteiger partial charge in [-0.3, -0.25) is 14.3 Å². The first kappa shape index (κ1) is 11.8. The number of hydrogen-bond acceptors (Lipinski definition) is 5. The first-order chi connectivity index (χ1) is 8.15. The smallest absolute Gasteiger partial charge is 0.330 e. The number of rotatable bonds is 3. The number of H-pyrrole nitrogens is 1. The lowest BCUT2D eigenvalue weighted by Crippen LogP contribution is -2.34. The SMILES string of the molecule is C=Cc1cn(C2COC(CO)O2)c(=O)[nH]c1=O. The van der Waals surface area contributed by atoms with Gasteiger partial charge in [0, 0.05) is 6.20 Å². The van der Waals surface area contributed by atoms with Gasteiger partial charge in [0.05, 0.1) is 18.8 Å². The molecule has 1 aromatic heterocycles. The summed E-state index contributed by atoms with van der Waals surface area (Å²) >= 11 is 0. The molecule has 7 nitrogen and oxygen atoms in total. The number of aromatic nitrogens is 2. The molecule has 7 heteroatoms. The van der Waals surface area contributed by atoms with Crippen LogP contribution in [0.15, 0.2) is 22.4 Å². The summed E-state index contributed by atoms with van der Waals surface area (Å²) in [5.41, 5.74) is -0.827. The highest BCUT2D eigenvalue weighted by Gasteiger charge is 2.27. The highest BCUT2D eigenvalue weighted by Crippen LogP contribution is 2.18. The van der Waals surface area contributed by atoms with E-state index in [1.807, 2.05) is 0 Å². The van der Waals surface area contributed by atoms with E-state index in [4.69, 9.17) is 14.6 Å². The molecule has 1 aliphatic rings. The molecule has 1 saturated heterocycles. The van der Waals surface area contributed by atoms with Crippen molar-refractivity contribution in [2.45, 2.75) is 12.5 Å². The number of nitrogens with one attached hydrogen (secondary N) is 1. The molecule has 0 spiro atoms. The summed E-state index contributed by atoms with van der Waals surface area (Å²) < 4.78 is 11.5. The van der Waals surface area contributed by atoms with E-state index in [0.29, 0.717) is 0 Å². The molecule has 1 aromatic rings. The fraction of sp³-hybridized carbons (Fsp3) is 0.400. The van der Waals surface area contributed by atoms with E-state index in [0.717, 1.165) is 0 Å². The predicted octanol–water partition coefficient (Wildman–Crippen LogP) is -0.957. The minimum absolute atomic E-state index is 0.133. The monoisotopic (exact) mass is 240 g/mol. The van der Waals surface area contributed by atoms with Gasteiger partial charge in [-0.1, -0.05) is 12.7 Å². The summed E-state index contributed by atoms with van der Waals surface area (Å²) in [5, 5.41) is 8.83. The van der Waals surface area contributed by atoms with Crippen molar-refractivity contribution in [2.75, 3.05) is 13.2 Å². The van der Waals surface area contributed by atoms with Crippen LogP contribution in [0.25, 0.3) is 6.08 Å². The molecule has 0 radical (unpaired) electrons. The Labute approximate surface area is 95.9 Å². The van der Waals surface area contributed by atoms with E-state index in [-0.39, 0.29) is 18.8 Å². The normalized spacial score (nSPS) is 23.8. The molecule has 92 valence electrons. The van der Waals surface area contributed by atoms with Crippen LogP contribution < -0.4 is 11.2 Å². The van der Waals surface area contributed by atoms with Gasteiger partial charge in [0.15, 0.2) is 12.5 Å². The van der Waals surface area contributed by atoms with E-state index in [2.05, 4.69) is 11.6 Å². The molecule has 2 unspecified atom stereocenters. The second-order valence-corrected chi connectivity index (χ2v) is 3.49. The Hall–Kier alpha value is -1.70. The Morgan fingerprint density at radius 3 is 3.00 bits per heavy atom. The van der Waals surface area contributed by atoms with Gasteiger partial charge in [-0.2, -0.15) is 0 Å². The Morgan fingerprint density at radius 2 is 2.41 bits per heavy atom. The van der Waals surface area contributed by atoms with Crippen LogP contribution in [-0.2, 0) is 9.47 Å². The van der Waals surface area contributed by atoms with E-state index in [9.17, 15) is 9.59 Å². The third-order valence-electron chi connectivity index (χ3n) is 2.41. The molecule has 1 aliphatic heterocycles. The van der Waals surface area contributed by atoms with E-state index >= 15 is 0 Å².